The van der Waals surface area contributed by atoms with E-state index in [-0.39, 0.29) is 36.9 Å². The van der Waals surface area contributed by atoms with Crippen LogP contribution in [0.5, 0.6) is 0 Å². The lowest BCUT2D eigenvalue weighted by molar-refractivity contribution is -0.126. The molecule has 9 heteroatoms. The van der Waals surface area contributed by atoms with Gasteiger partial charge in [0, 0.05) is 18.3 Å². The van der Waals surface area contributed by atoms with Crippen molar-refractivity contribution >= 4 is 23.5 Å². The fourth-order valence-corrected chi connectivity index (χ4v) is 4.05. The van der Waals surface area contributed by atoms with E-state index in [4.69, 9.17) is 4.74 Å². The largest absolute Gasteiger partial charge is 0.461 e. The van der Waals surface area contributed by atoms with Crippen molar-refractivity contribution in [3.8, 4) is 0 Å². The maximum Gasteiger partial charge on any atom is 0.358 e. The second-order valence-electron chi connectivity index (χ2n) is 8.30. The van der Waals surface area contributed by atoms with Gasteiger partial charge in [0.2, 0.25) is 5.91 Å². The molecular weight excluding hydrogens is 439 g/mol. The predicted molar refractivity (Wildman–Crippen MR) is 123 cm³/mol. The molecule has 0 bridgehead atoms. The Morgan fingerprint density at radius 3 is 2.56 bits per heavy atom. The maximum absolute atomic E-state index is 13.7. The molecule has 0 radical (unpaired) electrons. The number of anilines is 1. The Morgan fingerprint density at radius 1 is 1.18 bits per heavy atom. The maximum atomic E-state index is 13.7. The Morgan fingerprint density at radius 2 is 1.88 bits per heavy atom. The number of nitrogens with one attached hydrogen (secondary N) is 1. The molecule has 1 aliphatic heterocycles. The highest BCUT2D eigenvalue weighted by Crippen LogP contribution is 2.34. The summed E-state index contributed by atoms with van der Waals surface area (Å²) in [4.78, 5) is 40.9. The molecule has 1 aromatic heterocycles. The molecule has 0 fully saturated rings. The molecule has 0 aliphatic carbocycles. The Labute approximate surface area is 196 Å². The summed E-state index contributed by atoms with van der Waals surface area (Å²) in [5.41, 5.74) is 0.950. The van der Waals surface area contributed by atoms with Gasteiger partial charge in [0.25, 0.3) is 5.91 Å². The van der Waals surface area contributed by atoms with Gasteiger partial charge in [-0.2, -0.15) is 5.10 Å². The summed E-state index contributed by atoms with van der Waals surface area (Å²) < 4.78 is 19.6. The second kappa shape index (κ2) is 9.09. The van der Waals surface area contributed by atoms with E-state index in [2.05, 4.69) is 10.4 Å². The summed E-state index contributed by atoms with van der Waals surface area (Å²) in [5, 5.41) is 7.11. The molecule has 0 unspecified atom stereocenters. The SMILES string of the molecule is CCOC(=O)c1cc2n(n1)C[C@@](C)(C(=O)NCc1ccc(F)cc1)N(c1ccccc1C)C2=O. The van der Waals surface area contributed by atoms with Gasteiger partial charge in [-0.1, -0.05) is 30.3 Å². The molecule has 1 aliphatic rings. The first kappa shape index (κ1) is 23.2. The third kappa shape index (κ3) is 4.16. The number of fused-ring (bicyclic) bond motifs is 1. The molecule has 1 N–H and O–H groups in total. The number of amides is 2. The lowest BCUT2D eigenvalue weighted by Crippen LogP contribution is -2.64. The van der Waals surface area contributed by atoms with Gasteiger partial charge in [0.05, 0.1) is 13.2 Å². The van der Waals surface area contributed by atoms with Crippen LogP contribution in [0.1, 0.15) is 46.0 Å². The van der Waals surface area contributed by atoms with Gasteiger partial charge in [-0.15, -0.1) is 0 Å². The number of esters is 1. The predicted octanol–water partition coefficient (Wildman–Crippen LogP) is 3.24. The first-order valence-electron chi connectivity index (χ1n) is 10.9. The lowest BCUT2D eigenvalue weighted by Gasteiger charge is -2.43. The van der Waals surface area contributed by atoms with E-state index in [1.54, 1.807) is 38.1 Å². The van der Waals surface area contributed by atoms with Crippen LogP contribution >= 0.6 is 0 Å². The number of carbonyl (C=O) groups excluding carboxylic acids is 3. The highest BCUT2D eigenvalue weighted by atomic mass is 19.1. The number of rotatable bonds is 6. The van der Waals surface area contributed by atoms with E-state index >= 15 is 0 Å². The van der Waals surface area contributed by atoms with Crippen molar-refractivity contribution in [3.63, 3.8) is 0 Å². The Bertz CT molecular complexity index is 1250. The fraction of sp³-hybridized carbons (Fsp3) is 0.280. The summed E-state index contributed by atoms with van der Waals surface area (Å²) in [7, 11) is 0. The summed E-state index contributed by atoms with van der Waals surface area (Å²) in [5.74, 6) is -1.87. The number of para-hydroxylation sites is 1. The monoisotopic (exact) mass is 464 g/mol. The summed E-state index contributed by atoms with van der Waals surface area (Å²) >= 11 is 0. The molecular formula is C25H25FN4O4. The summed E-state index contributed by atoms with van der Waals surface area (Å²) in [6, 6.07) is 14.5. The number of carbonyl (C=O) groups is 3. The van der Waals surface area contributed by atoms with Crippen LogP contribution in [0.15, 0.2) is 54.6 Å². The van der Waals surface area contributed by atoms with Gasteiger partial charge < -0.3 is 10.1 Å². The standard InChI is InChI=1S/C25H25FN4O4/c1-4-34-23(32)19-13-21-22(31)30(20-8-6-5-7-16(20)2)25(3,15-29(21)28-19)24(33)27-14-17-9-11-18(26)12-10-17/h5-13H,4,14-15H2,1-3H3,(H,27,33)/t25-/m0/s1. The smallest absolute Gasteiger partial charge is 0.358 e. The zero-order valence-corrected chi connectivity index (χ0v) is 19.2. The van der Waals surface area contributed by atoms with E-state index in [1.165, 1.54) is 27.8 Å². The molecule has 2 aromatic carbocycles. The molecule has 0 spiro atoms. The number of aromatic nitrogens is 2. The molecule has 2 heterocycles. The summed E-state index contributed by atoms with van der Waals surface area (Å²) in [6.45, 7) is 5.55. The van der Waals surface area contributed by atoms with Crippen LogP contribution in [0.4, 0.5) is 10.1 Å². The number of aryl methyl sites for hydroxylation is 1. The van der Waals surface area contributed by atoms with E-state index in [0.717, 1.165) is 5.56 Å². The van der Waals surface area contributed by atoms with Crippen molar-refractivity contribution < 1.29 is 23.5 Å². The second-order valence-corrected chi connectivity index (χ2v) is 8.30. The van der Waals surface area contributed by atoms with E-state index in [9.17, 15) is 18.8 Å². The highest BCUT2D eigenvalue weighted by molar-refractivity contribution is 6.12. The van der Waals surface area contributed by atoms with E-state index < -0.39 is 23.3 Å². The minimum atomic E-state index is -1.35. The van der Waals surface area contributed by atoms with Gasteiger partial charge in [0.15, 0.2) is 5.69 Å². The topological polar surface area (TPSA) is 93.5 Å². The van der Waals surface area contributed by atoms with Crippen molar-refractivity contribution in [3.05, 3.63) is 82.9 Å². The third-order valence-corrected chi connectivity index (χ3v) is 5.85. The first-order chi connectivity index (χ1) is 16.2. The van der Waals surface area contributed by atoms with Crippen LogP contribution in [0.2, 0.25) is 0 Å². The lowest BCUT2D eigenvalue weighted by atomic mass is 9.93. The Balaban J connectivity index is 1.72. The van der Waals surface area contributed by atoms with Crippen molar-refractivity contribution in [2.75, 3.05) is 11.5 Å². The minimum Gasteiger partial charge on any atom is -0.461 e. The van der Waals surface area contributed by atoms with Crippen LogP contribution in [-0.2, 0) is 22.6 Å². The van der Waals surface area contributed by atoms with Crippen LogP contribution in [-0.4, -0.2) is 39.7 Å². The van der Waals surface area contributed by atoms with Crippen LogP contribution in [0.25, 0.3) is 0 Å². The first-order valence-corrected chi connectivity index (χ1v) is 10.9. The number of halogens is 1. The zero-order valence-electron chi connectivity index (χ0n) is 19.2. The molecule has 176 valence electrons. The van der Waals surface area contributed by atoms with E-state index in [1.807, 2.05) is 19.1 Å². The van der Waals surface area contributed by atoms with Crippen LogP contribution in [0.3, 0.4) is 0 Å². The quantitative estimate of drug-likeness (QED) is 0.566. The van der Waals surface area contributed by atoms with Crippen LogP contribution < -0.4 is 10.2 Å². The Kier molecular flexibility index (Phi) is 6.19. The van der Waals surface area contributed by atoms with Crippen molar-refractivity contribution in [1.29, 1.82) is 0 Å². The number of hydrogen-bond donors (Lipinski definition) is 1. The van der Waals surface area contributed by atoms with Gasteiger partial charge in [-0.25, -0.2) is 9.18 Å². The number of hydrogen-bond acceptors (Lipinski definition) is 5. The van der Waals surface area contributed by atoms with Gasteiger partial charge in [0.1, 0.15) is 17.1 Å². The number of nitrogens with zero attached hydrogens (tertiary/aromatic N) is 3. The molecule has 34 heavy (non-hydrogen) atoms. The molecule has 0 saturated heterocycles. The van der Waals surface area contributed by atoms with Crippen molar-refractivity contribution in [2.24, 2.45) is 0 Å². The molecule has 4 rings (SSSR count). The van der Waals surface area contributed by atoms with Crippen molar-refractivity contribution in [2.45, 2.75) is 39.4 Å². The molecule has 1 atom stereocenters. The van der Waals surface area contributed by atoms with Gasteiger partial charge in [-0.05, 0) is 50.1 Å². The average Bonchev–Trinajstić information content (AvgIpc) is 3.24. The third-order valence-electron chi connectivity index (χ3n) is 5.85. The van der Waals surface area contributed by atoms with Gasteiger partial charge >= 0.3 is 5.97 Å². The number of benzene rings is 2. The van der Waals surface area contributed by atoms with Crippen LogP contribution in [0, 0.1) is 12.7 Å². The normalized spacial score (nSPS) is 17.3. The molecule has 0 saturated carbocycles. The number of ether oxygens (including phenoxy) is 1. The minimum absolute atomic E-state index is 0.00547. The average molecular weight is 464 g/mol. The summed E-state index contributed by atoms with van der Waals surface area (Å²) in [6.07, 6.45) is 0. The molecule has 2 amide bonds. The molecule has 3 aromatic rings. The zero-order chi connectivity index (χ0) is 24.5. The molecule has 8 nitrogen and oxygen atoms in total. The Hall–Kier alpha value is -4.01. The van der Waals surface area contributed by atoms with Gasteiger partial charge in [-0.3, -0.25) is 19.2 Å². The van der Waals surface area contributed by atoms with Crippen molar-refractivity contribution in [1.82, 2.24) is 15.1 Å². The van der Waals surface area contributed by atoms with E-state index in [0.29, 0.717) is 11.3 Å². The fourth-order valence-electron chi connectivity index (χ4n) is 4.05. The highest BCUT2D eigenvalue weighted by Gasteiger charge is 2.49.